The third-order valence-electron chi connectivity index (χ3n) is 4.28. The monoisotopic (exact) mass is 439 g/mol. The molecule has 0 fully saturated rings. The summed E-state index contributed by atoms with van der Waals surface area (Å²) < 4.78 is 1.50. The van der Waals surface area contributed by atoms with Crippen LogP contribution in [0.1, 0.15) is 11.1 Å². The van der Waals surface area contributed by atoms with Gasteiger partial charge in [0.1, 0.15) is 11.6 Å². The van der Waals surface area contributed by atoms with Crippen molar-refractivity contribution in [2.24, 2.45) is 0 Å². The van der Waals surface area contributed by atoms with Crippen LogP contribution in [0.25, 0.3) is 0 Å². The smallest absolute Gasteiger partial charge is 0.241 e. The maximum absolute atomic E-state index is 11.6. The average Bonchev–Trinajstić information content (AvgIpc) is 3.20. The molecule has 3 N–H and O–H groups in total. The molecule has 0 bridgehead atoms. The van der Waals surface area contributed by atoms with E-state index in [2.05, 4.69) is 37.6 Å². The van der Waals surface area contributed by atoms with Crippen LogP contribution >= 0.6 is 11.6 Å². The minimum atomic E-state index is -0.151. The van der Waals surface area contributed by atoms with Crippen molar-refractivity contribution in [3.63, 3.8) is 0 Å². The summed E-state index contributed by atoms with van der Waals surface area (Å²) in [5.74, 6) is 0.612. The molecule has 0 aliphatic carbocycles. The molecule has 0 aliphatic heterocycles. The van der Waals surface area contributed by atoms with Gasteiger partial charge in [-0.3, -0.25) is 14.3 Å². The van der Waals surface area contributed by atoms with E-state index in [1.165, 1.54) is 17.0 Å². The molecular weight excluding hydrogens is 418 g/mol. The number of anilines is 3. The van der Waals surface area contributed by atoms with Crippen LogP contribution in [0.15, 0.2) is 55.5 Å². The summed E-state index contributed by atoms with van der Waals surface area (Å²) >= 11 is 6.23. The lowest BCUT2D eigenvalue weighted by Crippen LogP contribution is -2.23. The Morgan fingerprint density at radius 1 is 1.26 bits per heavy atom. The molecule has 0 unspecified atom stereocenters. The predicted octanol–water partition coefficient (Wildman–Crippen LogP) is 2.73. The molecule has 2 heterocycles. The highest BCUT2D eigenvalue weighted by molar-refractivity contribution is 6.32. The van der Waals surface area contributed by atoms with Crippen LogP contribution in [0.3, 0.4) is 0 Å². The molecule has 9 nitrogen and oxygen atoms in total. The summed E-state index contributed by atoms with van der Waals surface area (Å²) in [6.45, 7) is 4.08. The van der Waals surface area contributed by atoms with Crippen LogP contribution in [0.5, 0.6) is 0 Å². The molecule has 3 rings (SSSR count). The highest BCUT2D eigenvalue weighted by Gasteiger charge is 2.09. The number of allylic oxidation sites excluding steroid dienone is 1. The number of carbonyl (C=O) groups is 2. The van der Waals surface area contributed by atoms with E-state index in [1.807, 2.05) is 24.3 Å². The second-order valence-corrected chi connectivity index (χ2v) is 7.04. The third-order valence-corrected chi connectivity index (χ3v) is 4.55. The van der Waals surface area contributed by atoms with Crippen LogP contribution < -0.4 is 16.0 Å². The Bertz CT molecular complexity index is 1100. The second kappa shape index (κ2) is 10.4. The van der Waals surface area contributed by atoms with Crippen LogP contribution in [0, 0.1) is 0 Å². The van der Waals surface area contributed by atoms with Crippen molar-refractivity contribution in [1.82, 2.24) is 25.1 Å². The van der Waals surface area contributed by atoms with E-state index in [1.54, 1.807) is 19.4 Å². The highest BCUT2D eigenvalue weighted by atomic mass is 35.5. The van der Waals surface area contributed by atoms with Gasteiger partial charge in [-0.1, -0.05) is 42.4 Å². The Balaban J connectivity index is 1.65. The van der Waals surface area contributed by atoms with Crippen molar-refractivity contribution in [3.05, 3.63) is 71.7 Å². The number of aromatic nitrogens is 4. The van der Waals surface area contributed by atoms with Crippen molar-refractivity contribution < 1.29 is 9.59 Å². The van der Waals surface area contributed by atoms with E-state index in [0.29, 0.717) is 35.4 Å². The zero-order valence-electron chi connectivity index (χ0n) is 16.9. The molecule has 31 heavy (non-hydrogen) atoms. The number of hydrogen-bond acceptors (Lipinski definition) is 7. The van der Waals surface area contributed by atoms with Crippen molar-refractivity contribution in [2.45, 2.75) is 19.5 Å². The number of benzene rings is 1. The predicted molar refractivity (Wildman–Crippen MR) is 119 cm³/mol. The molecule has 160 valence electrons. The molecule has 10 heteroatoms. The van der Waals surface area contributed by atoms with Gasteiger partial charge in [-0.25, -0.2) is 4.98 Å². The first-order valence-corrected chi connectivity index (χ1v) is 9.84. The number of halogens is 1. The Morgan fingerprint density at radius 3 is 2.84 bits per heavy atom. The molecule has 0 saturated heterocycles. The molecule has 0 aliphatic rings. The van der Waals surface area contributed by atoms with Crippen molar-refractivity contribution in [1.29, 1.82) is 0 Å². The van der Waals surface area contributed by atoms with Gasteiger partial charge in [-0.15, -0.1) is 0 Å². The van der Waals surface area contributed by atoms with Crippen LogP contribution in [0.2, 0.25) is 5.02 Å². The first-order chi connectivity index (χ1) is 15.0. The van der Waals surface area contributed by atoms with Crippen LogP contribution in [-0.4, -0.2) is 38.5 Å². The van der Waals surface area contributed by atoms with Crippen molar-refractivity contribution >= 4 is 40.7 Å². The Morgan fingerprint density at radius 2 is 2.06 bits per heavy atom. The third kappa shape index (κ3) is 6.38. The van der Waals surface area contributed by atoms with Gasteiger partial charge in [0.2, 0.25) is 11.9 Å². The summed E-state index contributed by atoms with van der Waals surface area (Å²) in [6.07, 6.45) is 6.38. The first-order valence-electron chi connectivity index (χ1n) is 9.46. The maximum Gasteiger partial charge on any atom is 0.241 e. The van der Waals surface area contributed by atoms with Crippen LogP contribution in [0.4, 0.5) is 17.5 Å². The average molecular weight is 440 g/mol. The minimum absolute atomic E-state index is 0.0293. The molecule has 0 atom stereocenters. The number of carbonyl (C=O) groups excluding carboxylic acids is 2. The van der Waals surface area contributed by atoms with E-state index in [0.717, 1.165) is 11.1 Å². The molecular formula is C21H22ClN7O2. The van der Waals surface area contributed by atoms with Gasteiger partial charge in [0.15, 0.2) is 11.6 Å². The molecule has 0 radical (unpaired) electrons. The first kappa shape index (κ1) is 22.0. The molecule has 3 aromatic rings. The Kier molecular flexibility index (Phi) is 7.34. The van der Waals surface area contributed by atoms with Gasteiger partial charge in [-0.2, -0.15) is 10.1 Å². The molecule has 1 amide bonds. The Labute approximate surface area is 184 Å². The summed E-state index contributed by atoms with van der Waals surface area (Å²) in [4.78, 5) is 31.6. The number of rotatable bonds is 10. The molecule has 0 saturated carbocycles. The lowest BCUT2D eigenvalue weighted by Gasteiger charge is -2.10. The number of amides is 1. The number of hydrogen-bond donors (Lipinski definition) is 3. The fourth-order valence-electron chi connectivity index (χ4n) is 2.73. The number of likely N-dealkylation sites (N-methyl/N-ethyl adjacent to an activating group) is 1. The topological polar surface area (TPSA) is 114 Å². The van der Waals surface area contributed by atoms with Gasteiger partial charge in [-0.05, 0) is 17.2 Å². The quantitative estimate of drug-likeness (QED) is 0.416. The Hall–Kier alpha value is -3.72. The largest absolute Gasteiger partial charge is 0.365 e. The normalized spacial score (nSPS) is 10.4. The minimum Gasteiger partial charge on any atom is -0.365 e. The highest BCUT2D eigenvalue weighted by Crippen LogP contribution is 2.22. The number of ketones is 1. The standard InChI is InChI=1S/C21H22ClN7O2/c1-3-17(30)8-14-5-4-6-15(7-14)9-24-20-18(22)11-25-21(28-20)27-16-10-26-29(12-16)13-19(31)23-2/h3-7,10-12H,1,8-9,13H2,2H3,(H,23,31)(H2,24,25,27,28). The van der Waals surface area contributed by atoms with Gasteiger partial charge >= 0.3 is 0 Å². The maximum atomic E-state index is 11.6. The van der Waals surface area contributed by atoms with Gasteiger partial charge in [0.25, 0.3) is 0 Å². The summed E-state index contributed by atoms with van der Waals surface area (Å²) in [5.41, 5.74) is 2.53. The van der Waals surface area contributed by atoms with E-state index in [4.69, 9.17) is 11.6 Å². The number of nitrogens with zero attached hydrogens (tertiary/aromatic N) is 4. The van der Waals surface area contributed by atoms with E-state index in [-0.39, 0.29) is 18.2 Å². The molecule has 1 aromatic carbocycles. The summed E-state index contributed by atoms with van der Waals surface area (Å²) in [6, 6.07) is 7.69. The zero-order chi connectivity index (χ0) is 22.2. The van der Waals surface area contributed by atoms with Crippen molar-refractivity contribution in [3.8, 4) is 0 Å². The van der Waals surface area contributed by atoms with Gasteiger partial charge in [0.05, 0.1) is 18.1 Å². The fourth-order valence-corrected chi connectivity index (χ4v) is 2.89. The van der Waals surface area contributed by atoms with Gasteiger partial charge < -0.3 is 16.0 Å². The second-order valence-electron chi connectivity index (χ2n) is 6.64. The molecule has 2 aromatic heterocycles. The number of nitrogens with one attached hydrogen (secondary N) is 3. The lowest BCUT2D eigenvalue weighted by molar-refractivity contribution is -0.121. The van der Waals surface area contributed by atoms with E-state index < -0.39 is 0 Å². The summed E-state index contributed by atoms with van der Waals surface area (Å²) in [5, 5.41) is 13.3. The van der Waals surface area contributed by atoms with E-state index in [9.17, 15) is 9.59 Å². The van der Waals surface area contributed by atoms with Gasteiger partial charge in [0, 0.05) is 26.2 Å². The molecule has 0 spiro atoms. The zero-order valence-corrected chi connectivity index (χ0v) is 17.7. The van der Waals surface area contributed by atoms with E-state index >= 15 is 0 Å². The lowest BCUT2D eigenvalue weighted by atomic mass is 10.1. The van der Waals surface area contributed by atoms with Crippen LogP contribution in [-0.2, 0) is 29.1 Å². The summed E-state index contributed by atoms with van der Waals surface area (Å²) in [7, 11) is 1.57. The fraction of sp³-hybridized carbons (Fsp3) is 0.190. The van der Waals surface area contributed by atoms with Crippen molar-refractivity contribution in [2.75, 3.05) is 17.7 Å². The SMILES string of the molecule is C=CC(=O)Cc1cccc(CNc2nc(Nc3cnn(CC(=O)NC)c3)ncc2Cl)c1.